The lowest BCUT2D eigenvalue weighted by Gasteiger charge is -2.29. The zero-order chi connectivity index (χ0) is 15.7. The highest BCUT2D eigenvalue weighted by atomic mass is 16.6. The number of benzene rings is 2. The van der Waals surface area contributed by atoms with Crippen LogP contribution >= 0.6 is 0 Å². The van der Waals surface area contributed by atoms with Crippen molar-refractivity contribution in [1.29, 1.82) is 0 Å². The van der Waals surface area contributed by atoms with Crippen molar-refractivity contribution >= 4 is 0 Å². The van der Waals surface area contributed by atoms with Crippen molar-refractivity contribution in [3.63, 3.8) is 0 Å². The molecule has 0 aliphatic carbocycles. The van der Waals surface area contributed by atoms with Crippen molar-refractivity contribution < 1.29 is 9.47 Å². The summed E-state index contributed by atoms with van der Waals surface area (Å²) < 4.78 is 12.1. The Balaban J connectivity index is 1.98. The van der Waals surface area contributed by atoms with Gasteiger partial charge >= 0.3 is 0 Å². The molecule has 0 radical (unpaired) electrons. The van der Waals surface area contributed by atoms with E-state index in [1.165, 1.54) is 16.7 Å². The Labute approximate surface area is 133 Å². The lowest BCUT2D eigenvalue weighted by Crippen LogP contribution is -2.23. The van der Waals surface area contributed by atoms with E-state index in [9.17, 15) is 0 Å². The SMILES string of the molecule is CC(C)c1ccc(C(C)C)c(C2COc3ccccc3O2)c1. The fraction of sp³-hybridized carbons (Fsp3) is 0.400. The van der Waals surface area contributed by atoms with Crippen molar-refractivity contribution in [2.75, 3.05) is 6.61 Å². The Bertz CT molecular complexity index is 659. The molecule has 3 rings (SSSR count). The molecule has 0 amide bonds. The van der Waals surface area contributed by atoms with Gasteiger partial charge in [-0.05, 0) is 40.7 Å². The first-order valence-electron chi connectivity index (χ1n) is 8.08. The topological polar surface area (TPSA) is 18.5 Å². The fourth-order valence-electron chi connectivity index (χ4n) is 2.93. The highest BCUT2D eigenvalue weighted by Crippen LogP contribution is 2.38. The maximum absolute atomic E-state index is 6.22. The Morgan fingerprint density at radius 2 is 1.64 bits per heavy atom. The third-order valence-electron chi connectivity index (χ3n) is 4.25. The second-order valence-corrected chi connectivity index (χ2v) is 6.56. The van der Waals surface area contributed by atoms with Crippen molar-refractivity contribution in [3.8, 4) is 11.5 Å². The summed E-state index contributed by atoms with van der Waals surface area (Å²) in [5.41, 5.74) is 3.95. The van der Waals surface area contributed by atoms with Gasteiger partial charge in [-0.15, -0.1) is 0 Å². The zero-order valence-electron chi connectivity index (χ0n) is 13.8. The molecule has 116 valence electrons. The van der Waals surface area contributed by atoms with Gasteiger partial charge in [-0.3, -0.25) is 0 Å². The fourth-order valence-corrected chi connectivity index (χ4v) is 2.93. The summed E-state index contributed by atoms with van der Waals surface area (Å²) in [6.45, 7) is 9.47. The molecule has 22 heavy (non-hydrogen) atoms. The Morgan fingerprint density at radius 1 is 0.909 bits per heavy atom. The van der Waals surface area contributed by atoms with Crippen LogP contribution in [-0.2, 0) is 0 Å². The molecule has 2 heteroatoms. The molecule has 2 aromatic rings. The molecule has 0 aromatic heterocycles. The number of hydrogen-bond acceptors (Lipinski definition) is 2. The van der Waals surface area contributed by atoms with Crippen LogP contribution in [0, 0.1) is 0 Å². The minimum atomic E-state index is -0.0361. The van der Waals surface area contributed by atoms with Gasteiger partial charge in [-0.1, -0.05) is 58.0 Å². The van der Waals surface area contributed by atoms with Crippen LogP contribution in [0.2, 0.25) is 0 Å². The molecule has 1 aliphatic rings. The van der Waals surface area contributed by atoms with Crippen LogP contribution in [0.1, 0.15) is 62.3 Å². The molecule has 1 atom stereocenters. The second kappa shape index (κ2) is 6.04. The van der Waals surface area contributed by atoms with Gasteiger partial charge in [0, 0.05) is 0 Å². The van der Waals surface area contributed by atoms with E-state index < -0.39 is 0 Å². The van der Waals surface area contributed by atoms with Crippen molar-refractivity contribution in [1.82, 2.24) is 0 Å². The molecule has 1 heterocycles. The first-order valence-corrected chi connectivity index (χ1v) is 8.08. The third-order valence-corrected chi connectivity index (χ3v) is 4.25. The largest absolute Gasteiger partial charge is 0.485 e. The molecule has 0 saturated heterocycles. The standard InChI is InChI=1S/C20H24O2/c1-13(2)15-9-10-16(14(3)4)17(11-15)20-12-21-18-7-5-6-8-19(18)22-20/h5-11,13-14,20H,12H2,1-4H3. The van der Waals surface area contributed by atoms with E-state index in [1.807, 2.05) is 24.3 Å². The molecule has 0 N–H and O–H groups in total. The molecule has 0 saturated carbocycles. The maximum Gasteiger partial charge on any atom is 0.162 e. The van der Waals surface area contributed by atoms with Gasteiger partial charge in [-0.2, -0.15) is 0 Å². The van der Waals surface area contributed by atoms with E-state index in [2.05, 4.69) is 45.9 Å². The predicted octanol–water partition coefficient (Wildman–Crippen LogP) is 5.45. The minimum absolute atomic E-state index is 0.0361. The molecule has 1 unspecified atom stereocenters. The van der Waals surface area contributed by atoms with Gasteiger partial charge in [0.15, 0.2) is 17.6 Å². The van der Waals surface area contributed by atoms with Gasteiger partial charge < -0.3 is 9.47 Å². The van der Waals surface area contributed by atoms with E-state index in [4.69, 9.17) is 9.47 Å². The highest BCUT2D eigenvalue weighted by molar-refractivity contribution is 5.43. The van der Waals surface area contributed by atoms with Gasteiger partial charge in [0.2, 0.25) is 0 Å². The summed E-state index contributed by atoms with van der Waals surface area (Å²) in [6, 6.07) is 14.7. The Morgan fingerprint density at radius 3 is 2.32 bits per heavy atom. The van der Waals surface area contributed by atoms with Crippen LogP contribution < -0.4 is 9.47 Å². The number of ether oxygens (including phenoxy) is 2. The number of fused-ring (bicyclic) bond motifs is 1. The van der Waals surface area contributed by atoms with Crippen LogP contribution in [0.4, 0.5) is 0 Å². The molecule has 1 aliphatic heterocycles. The quantitative estimate of drug-likeness (QED) is 0.750. The summed E-state index contributed by atoms with van der Waals surface area (Å²) >= 11 is 0. The number of hydrogen-bond donors (Lipinski definition) is 0. The first kappa shape index (κ1) is 15.0. The van der Waals surface area contributed by atoms with Crippen molar-refractivity contribution in [2.45, 2.75) is 45.6 Å². The summed E-state index contributed by atoms with van der Waals surface area (Å²) in [7, 11) is 0. The normalized spacial score (nSPS) is 17.1. The number of para-hydroxylation sites is 2. The molecule has 2 aromatic carbocycles. The van der Waals surface area contributed by atoms with Gasteiger partial charge in [0.05, 0.1) is 0 Å². The molecule has 0 spiro atoms. The Hall–Kier alpha value is -1.96. The van der Waals surface area contributed by atoms with Crippen LogP contribution in [0.5, 0.6) is 11.5 Å². The molecule has 0 fully saturated rings. The highest BCUT2D eigenvalue weighted by Gasteiger charge is 2.25. The van der Waals surface area contributed by atoms with Gasteiger partial charge in [-0.25, -0.2) is 0 Å². The van der Waals surface area contributed by atoms with E-state index in [1.54, 1.807) is 0 Å². The molecule has 2 nitrogen and oxygen atoms in total. The van der Waals surface area contributed by atoms with Crippen LogP contribution in [-0.4, -0.2) is 6.61 Å². The predicted molar refractivity (Wildman–Crippen MR) is 89.9 cm³/mol. The van der Waals surface area contributed by atoms with Crippen LogP contribution in [0.15, 0.2) is 42.5 Å². The molecule has 0 bridgehead atoms. The number of rotatable bonds is 3. The first-order chi connectivity index (χ1) is 10.6. The van der Waals surface area contributed by atoms with E-state index in [-0.39, 0.29) is 6.10 Å². The smallest absolute Gasteiger partial charge is 0.162 e. The van der Waals surface area contributed by atoms with E-state index >= 15 is 0 Å². The average Bonchev–Trinajstić information content (AvgIpc) is 2.53. The molecular formula is C20H24O2. The summed E-state index contributed by atoms with van der Waals surface area (Å²) in [5.74, 6) is 2.65. The zero-order valence-corrected chi connectivity index (χ0v) is 13.8. The minimum Gasteiger partial charge on any atom is -0.485 e. The molecular weight excluding hydrogens is 272 g/mol. The average molecular weight is 296 g/mol. The van der Waals surface area contributed by atoms with Gasteiger partial charge in [0.25, 0.3) is 0 Å². The van der Waals surface area contributed by atoms with E-state index in [0.29, 0.717) is 18.4 Å². The summed E-state index contributed by atoms with van der Waals surface area (Å²) in [5, 5.41) is 0. The monoisotopic (exact) mass is 296 g/mol. The third kappa shape index (κ3) is 2.83. The van der Waals surface area contributed by atoms with Crippen molar-refractivity contribution in [2.24, 2.45) is 0 Å². The second-order valence-electron chi connectivity index (χ2n) is 6.56. The van der Waals surface area contributed by atoms with Crippen LogP contribution in [0.25, 0.3) is 0 Å². The maximum atomic E-state index is 6.22. The summed E-state index contributed by atoms with van der Waals surface area (Å²) in [4.78, 5) is 0. The summed E-state index contributed by atoms with van der Waals surface area (Å²) in [6.07, 6.45) is -0.0361. The van der Waals surface area contributed by atoms with Crippen LogP contribution in [0.3, 0.4) is 0 Å². The Kier molecular flexibility index (Phi) is 4.10. The van der Waals surface area contributed by atoms with E-state index in [0.717, 1.165) is 11.5 Å². The van der Waals surface area contributed by atoms with Crippen molar-refractivity contribution in [3.05, 3.63) is 59.2 Å². The lowest BCUT2D eigenvalue weighted by atomic mass is 9.89. The lowest BCUT2D eigenvalue weighted by molar-refractivity contribution is 0.0904. The van der Waals surface area contributed by atoms with Gasteiger partial charge in [0.1, 0.15) is 6.61 Å².